The maximum absolute atomic E-state index is 13.7. The summed E-state index contributed by atoms with van der Waals surface area (Å²) in [4.78, 5) is 33.6. The van der Waals surface area contributed by atoms with Crippen molar-refractivity contribution in [2.24, 2.45) is 0 Å². The van der Waals surface area contributed by atoms with E-state index in [9.17, 15) is 9.59 Å². The average Bonchev–Trinajstić information content (AvgIpc) is 2.81. The predicted octanol–water partition coefficient (Wildman–Crippen LogP) is 5.84. The second-order valence-electron chi connectivity index (χ2n) is 7.88. The van der Waals surface area contributed by atoms with E-state index in [2.05, 4.69) is 0 Å². The highest BCUT2D eigenvalue weighted by molar-refractivity contribution is 6.31. The van der Waals surface area contributed by atoms with Crippen molar-refractivity contribution in [1.82, 2.24) is 14.5 Å². The maximum Gasteiger partial charge on any atom is 0.261 e. The van der Waals surface area contributed by atoms with Crippen molar-refractivity contribution < 1.29 is 4.79 Å². The summed E-state index contributed by atoms with van der Waals surface area (Å²) in [6, 6.07) is 18.4. The lowest BCUT2D eigenvalue weighted by Gasteiger charge is -2.30. The molecule has 0 saturated carbocycles. The van der Waals surface area contributed by atoms with E-state index >= 15 is 0 Å². The molecular formula is C26H26ClN3O2. The van der Waals surface area contributed by atoms with E-state index in [1.165, 1.54) is 0 Å². The number of fused-ring (bicyclic) bond motifs is 2. The lowest BCUT2D eigenvalue weighted by molar-refractivity contribution is 0.0681. The van der Waals surface area contributed by atoms with Gasteiger partial charge >= 0.3 is 0 Å². The first-order chi connectivity index (χ1) is 15.5. The molecule has 0 N–H and O–H groups in total. The van der Waals surface area contributed by atoms with E-state index in [4.69, 9.17) is 16.6 Å². The Labute approximate surface area is 192 Å². The number of carbonyl (C=O) groups is 1. The van der Waals surface area contributed by atoms with E-state index < -0.39 is 0 Å². The first-order valence-corrected chi connectivity index (χ1v) is 11.3. The number of rotatable bonds is 6. The van der Waals surface area contributed by atoms with Crippen LogP contribution in [0.25, 0.3) is 21.7 Å². The molecule has 1 atom stereocenters. The van der Waals surface area contributed by atoms with Gasteiger partial charge in [0.1, 0.15) is 5.82 Å². The number of nitrogens with zero attached hydrogens (tertiary/aromatic N) is 3. The lowest BCUT2D eigenvalue weighted by atomic mass is 10.0. The minimum Gasteiger partial charge on any atom is -0.329 e. The van der Waals surface area contributed by atoms with Crippen molar-refractivity contribution in [3.63, 3.8) is 0 Å². The van der Waals surface area contributed by atoms with Gasteiger partial charge in [0.15, 0.2) is 0 Å². The first kappa shape index (κ1) is 22.0. The van der Waals surface area contributed by atoms with Crippen molar-refractivity contribution in [3.05, 3.63) is 87.4 Å². The van der Waals surface area contributed by atoms with Crippen LogP contribution < -0.4 is 5.56 Å². The molecule has 0 fully saturated rings. The van der Waals surface area contributed by atoms with Gasteiger partial charge in [-0.2, -0.15) is 0 Å². The Kier molecular flexibility index (Phi) is 6.28. The van der Waals surface area contributed by atoms with Crippen LogP contribution in [-0.4, -0.2) is 26.9 Å². The van der Waals surface area contributed by atoms with Crippen LogP contribution in [0.2, 0.25) is 5.02 Å². The van der Waals surface area contributed by atoms with Gasteiger partial charge in [-0.25, -0.2) is 4.98 Å². The Bertz CT molecular complexity index is 1360. The third kappa shape index (κ3) is 3.89. The van der Waals surface area contributed by atoms with Gasteiger partial charge in [-0.05, 0) is 55.3 Å². The van der Waals surface area contributed by atoms with Crippen molar-refractivity contribution in [3.8, 4) is 0 Å². The maximum atomic E-state index is 13.7. The molecule has 4 rings (SSSR count). The fourth-order valence-electron chi connectivity index (χ4n) is 4.25. The van der Waals surface area contributed by atoms with Crippen LogP contribution in [0.15, 0.2) is 65.5 Å². The standard InChI is InChI=1S/C26H26ClN3O2/c1-4-15-30(25(31)21-12-8-10-18-9-6-7-11-20(18)21)17(3)24-28-23-14-13-19(27)16-22(23)26(32)29(24)5-2/h6-14,16-17H,4-5,15H2,1-3H3. The largest absolute Gasteiger partial charge is 0.329 e. The summed E-state index contributed by atoms with van der Waals surface area (Å²) < 4.78 is 1.64. The third-order valence-electron chi connectivity index (χ3n) is 5.85. The summed E-state index contributed by atoms with van der Waals surface area (Å²) in [6.45, 7) is 6.90. The minimum atomic E-state index is -0.380. The van der Waals surface area contributed by atoms with Crippen molar-refractivity contribution in [1.29, 1.82) is 0 Å². The fourth-order valence-corrected chi connectivity index (χ4v) is 4.42. The number of amides is 1. The zero-order chi connectivity index (χ0) is 22.8. The molecule has 0 bridgehead atoms. The fraction of sp³-hybridized carbons (Fsp3) is 0.269. The van der Waals surface area contributed by atoms with E-state index in [1.807, 2.05) is 68.1 Å². The number of aromatic nitrogens is 2. The number of carbonyl (C=O) groups excluding carboxylic acids is 1. The van der Waals surface area contributed by atoms with Crippen LogP contribution in [0.1, 0.15) is 49.4 Å². The molecule has 3 aromatic carbocycles. The molecule has 0 aliphatic heterocycles. The van der Waals surface area contributed by atoms with Gasteiger partial charge in [-0.1, -0.05) is 54.9 Å². The van der Waals surface area contributed by atoms with Crippen LogP contribution in [0.4, 0.5) is 0 Å². The van der Waals surface area contributed by atoms with Crippen molar-refractivity contribution >= 4 is 39.2 Å². The number of benzene rings is 3. The van der Waals surface area contributed by atoms with E-state index in [-0.39, 0.29) is 17.5 Å². The van der Waals surface area contributed by atoms with Crippen LogP contribution in [0, 0.1) is 0 Å². The van der Waals surface area contributed by atoms with Crippen LogP contribution in [0.3, 0.4) is 0 Å². The Hall–Kier alpha value is -3.18. The Morgan fingerprint density at radius 2 is 1.81 bits per heavy atom. The molecular weight excluding hydrogens is 422 g/mol. The molecule has 6 heteroatoms. The summed E-state index contributed by atoms with van der Waals surface area (Å²) in [7, 11) is 0. The molecule has 164 valence electrons. The van der Waals surface area contributed by atoms with E-state index in [1.54, 1.807) is 22.8 Å². The molecule has 1 heterocycles. The highest BCUT2D eigenvalue weighted by Gasteiger charge is 2.27. The molecule has 1 amide bonds. The van der Waals surface area contributed by atoms with Gasteiger partial charge in [0, 0.05) is 23.7 Å². The molecule has 5 nitrogen and oxygen atoms in total. The Morgan fingerprint density at radius 3 is 2.56 bits per heavy atom. The number of hydrogen-bond donors (Lipinski definition) is 0. The van der Waals surface area contributed by atoms with Gasteiger partial charge < -0.3 is 4.90 Å². The Morgan fingerprint density at radius 1 is 1.06 bits per heavy atom. The van der Waals surface area contributed by atoms with Gasteiger partial charge in [0.05, 0.1) is 16.9 Å². The molecule has 0 aliphatic carbocycles. The van der Waals surface area contributed by atoms with E-state index in [0.717, 1.165) is 17.2 Å². The SMILES string of the molecule is CCCN(C(=O)c1cccc2ccccc12)C(C)c1nc2ccc(Cl)cc2c(=O)n1CC. The Balaban J connectivity index is 1.84. The topological polar surface area (TPSA) is 55.2 Å². The van der Waals surface area contributed by atoms with Gasteiger partial charge in [0.2, 0.25) is 0 Å². The highest BCUT2D eigenvalue weighted by Crippen LogP contribution is 2.26. The lowest BCUT2D eigenvalue weighted by Crippen LogP contribution is -2.38. The molecule has 0 aliphatic rings. The molecule has 0 spiro atoms. The molecule has 1 aromatic heterocycles. The van der Waals surface area contributed by atoms with Crippen LogP contribution in [-0.2, 0) is 6.54 Å². The molecule has 0 saturated heterocycles. The summed E-state index contributed by atoms with van der Waals surface area (Å²) in [5, 5.41) is 2.92. The first-order valence-electron chi connectivity index (χ1n) is 10.9. The van der Waals surface area contributed by atoms with Crippen molar-refractivity contribution in [2.45, 2.75) is 39.8 Å². The second-order valence-corrected chi connectivity index (χ2v) is 8.32. The highest BCUT2D eigenvalue weighted by atomic mass is 35.5. The monoisotopic (exact) mass is 447 g/mol. The van der Waals surface area contributed by atoms with E-state index in [0.29, 0.717) is 40.4 Å². The van der Waals surface area contributed by atoms with Crippen LogP contribution in [0.5, 0.6) is 0 Å². The molecule has 32 heavy (non-hydrogen) atoms. The van der Waals surface area contributed by atoms with Crippen LogP contribution >= 0.6 is 11.6 Å². The molecule has 4 aromatic rings. The van der Waals surface area contributed by atoms with Gasteiger partial charge in [-0.15, -0.1) is 0 Å². The average molecular weight is 448 g/mol. The minimum absolute atomic E-state index is 0.0655. The van der Waals surface area contributed by atoms with Gasteiger partial charge in [-0.3, -0.25) is 14.2 Å². The number of halogens is 1. The van der Waals surface area contributed by atoms with Gasteiger partial charge in [0.25, 0.3) is 11.5 Å². The zero-order valence-corrected chi connectivity index (χ0v) is 19.3. The summed E-state index contributed by atoms with van der Waals surface area (Å²) >= 11 is 6.11. The normalized spacial score (nSPS) is 12.2. The quantitative estimate of drug-likeness (QED) is 0.373. The summed E-state index contributed by atoms with van der Waals surface area (Å²) in [5.41, 5.74) is 1.09. The number of hydrogen-bond acceptors (Lipinski definition) is 3. The second kappa shape index (κ2) is 9.13. The summed E-state index contributed by atoms with van der Waals surface area (Å²) in [5.74, 6) is 0.513. The zero-order valence-electron chi connectivity index (χ0n) is 18.5. The molecule has 0 radical (unpaired) electrons. The smallest absolute Gasteiger partial charge is 0.261 e. The van der Waals surface area contributed by atoms with Crippen molar-refractivity contribution in [2.75, 3.05) is 6.54 Å². The summed E-state index contributed by atoms with van der Waals surface area (Å²) in [6.07, 6.45) is 0.792. The third-order valence-corrected chi connectivity index (χ3v) is 6.08. The predicted molar refractivity (Wildman–Crippen MR) is 130 cm³/mol. The molecule has 1 unspecified atom stereocenters.